The Labute approximate surface area is 94.1 Å². The van der Waals surface area contributed by atoms with Crippen molar-refractivity contribution in [1.29, 1.82) is 0 Å². The highest BCUT2D eigenvalue weighted by atomic mass is 16.5. The first-order valence-corrected chi connectivity index (χ1v) is 5.33. The third-order valence-corrected chi connectivity index (χ3v) is 2.70. The van der Waals surface area contributed by atoms with Crippen LogP contribution in [0.1, 0.15) is 19.3 Å². The molecular formula is C10H18N2O4. The van der Waals surface area contributed by atoms with Gasteiger partial charge < -0.3 is 20.9 Å². The van der Waals surface area contributed by atoms with Gasteiger partial charge in [0.15, 0.2) is 0 Å². The van der Waals surface area contributed by atoms with Crippen molar-refractivity contribution in [3.05, 3.63) is 0 Å². The van der Waals surface area contributed by atoms with E-state index in [9.17, 15) is 9.59 Å². The maximum atomic E-state index is 11.6. The summed E-state index contributed by atoms with van der Waals surface area (Å²) in [4.78, 5) is 22.2. The Kier molecular flexibility index (Phi) is 4.70. The fourth-order valence-electron chi connectivity index (χ4n) is 1.61. The molecule has 1 saturated carbocycles. The zero-order valence-electron chi connectivity index (χ0n) is 9.31. The number of rotatable bonds is 7. The first-order chi connectivity index (χ1) is 7.58. The van der Waals surface area contributed by atoms with Gasteiger partial charge >= 0.3 is 5.97 Å². The lowest BCUT2D eigenvalue weighted by molar-refractivity contribution is -0.138. The summed E-state index contributed by atoms with van der Waals surface area (Å²) < 4.78 is 4.88. The highest BCUT2D eigenvalue weighted by Crippen LogP contribution is 2.34. The van der Waals surface area contributed by atoms with Crippen molar-refractivity contribution in [1.82, 2.24) is 5.32 Å². The third kappa shape index (κ3) is 3.79. The molecule has 0 saturated heterocycles. The Hall–Kier alpha value is -1.14. The number of methoxy groups -OCH3 is 1. The van der Waals surface area contributed by atoms with Gasteiger partial charge in [0.25, 0.3) is 5.91 Å². The maximum absolute atomic E-state index is 11.6. The van der Waals surface area contributed by atoms with Crippen molar-refractivity contribution in [2.24, 2.45) is 11.7 Å². The van der Waals surface area contributed by atoms with Crippen LogP contribution in [0.3, 0.4) is 0 Å². The Morgan fingerprint density at radius 2 is 2.19 bits per heavy atom. The SMILES string of the molecule is COC(CN)C(=O)NC(CC(=O)O)C1CC1. The molecule has 1 aliphatic carbocycles. The van der Waals surface area contributed by atoms with E-state index in [2.05, 4.69) is 5.32 Å². The second-order valence-electron chi connectivity index (χ2n) is 4.01. The van der Waals surface area contributed by atoms with Gasteiger partial charge in [0.2, 0.25) is 0 Å². The van der Waals surface area contributed by atoms with E-state index in [-0.39, 0.29) is 30.8 Å². The minimum Gasteiger partial charge on any atom is -0.481 e. The smallest absolute Gasteiger partial charge is 0.305 e. The van der Waals surface area contributed by atoms with Gasteiger partial charge in [-0.15, -0.1) is 0 Å². The molecule has 0 heterocycles. The number of nitrogens with one attached hydrogen (secondary N) is 1. The Morgan fingerprint density at radius 1 is 1.56 bits per heavy atom. The number of ether oxygens (including phenoxy) is 1. The standard InChI is InChI=1S/C10H18N2O4/c1-16-8(5-11)10(15)12-7(4-9(13)14)6-2-3-6/h6-8H,2-5,11H2,1H3,(H,12,15)(H,13,14). The second-order valence-corrected chi connectivity index (χ2v) is 4.01. The summed E-state index contributed by atoms with van der Waals surface area (Å²) in [5.41, 5.74) is 5.35. The number of carboxylic acids is 1. The molecule has 1 amide bonds. The monoisotopic (exact) mass is 230 g/mol. The topological polar surface area (TPSA) is 102 Å². The molecule has 6 nitrogen and oxygen atoms in total. The van der Waals surface area contributed by atoms with Crippen LogP contribution in [0.5, 0.6) is 0 Å². The van der Waals surface area contributed by atoms with Crippen LogP contribution in [0.4, 0.5) is 0 Å². The average Bonchev–Trinajstić information content (AvgIpc) is 3.01. The Bertz CT molecular complexity index is 262. The molecular weight excluding hydrogens is 212 g/mol. The number of carbonyl (C=O) groups is 2. The van der Waals surface area contributed by atoms with Crippen molar-refractivity contribution in [3.8, 4) is 0 Å². The predicted molar refractivity (Wildman–Crippen MR) is 56.8 cm³/mol. The minimum absolute atomic E-state index is 0.0442. The van der Waals surface area contributed by atoms with Crippen LogP contribution in [0.15, 0.2) is 0 Å². The molecule has 16 heavy (non-hydrogen) atoms. The lowest BCUT2D eigenvalue weighted by atomic mass is 10.1. The molecule has 1 fully saturated rings. The Morgan fingerprint density at radius 3 is 2.56 bits per heavy atom. The summed E-state index contributed by atoms with van der Waals surface area (Å²) >= 11 is 0. The molecule has 0 aromatic carbocycles. The lowest BCUT2D eigenvalue weighted by Crippen LogP contribution is -2.46. The van der Waals surface area contributed by atoms with Crippen LogP contribution in [0.2, 0.25) is 0 Å². The van der Waals surface area contributed by atoms with E-state index >= 15 is 0 Å². The summed E-state index contributed by atoms with van der Waals surface area (Å²) in [7, 11) is 1.40. The number of aliphatic carboxylic acids is 1. The number of carbonyl (C=O) groups excluding carboxylic acids is 1. The Balaban J connectivity index is 2.47. The van der Waals surface area contributed by atoms with E-state index in [4.69, 9.17) is 15.6 Å². The van der Waals surface area contributed by atoms with Crippen molar-refractivity contribution in [2.45, 2.75) is 31.4 Å². The fraction of sp³-hybridized carbons (Fsp3) is 0.800. The molecule has 6 heteroatoms. The summed E-state index contributed by atoms with van der Waals surface area (Å²) in [5.74, 6) is -0.947. The van der Waals surface area contributed by atoms with Crippen LogP contribution in [-0.2, 0) is 14.3 Å². The van der Waals surface area contributed by atoms with Crippen LogP contribution < -0.4 is 11.1 Å². The van der Waals surface area contributed by atoms with Gasteiger partial charge in [-0.3, -0.25) is 9.59 Å². The van der Waals surface area contributed by atoms with Gasteiger partial charge in [-0.1, -0.05) is 0 Å². The van der Waals surface area contributed by atoms with Gasteiger partial charge in [-0.05, 0) is 18.8 Å². The summed E-state index contributed by atoms with van der Waals surface area (Å²) in [6.45, 7) is 0.0901. The molecule has 92 valence electrons. The number of amides is 1. The van der Waals surface area contributed by atoms with Gasteiger partial charge in [0.1, 0.15) is 6.10 Å². The molecule has 0 aliphatic heterocycles. The van der Waals surface area contributed by atoms with Crippen LogP contribution in [-0.4, -0.2) is 42.8 Å². The number of carboxylic acid groups (broad SMARTS) is 1. The van der Waals surface area contributed by atoms with Crippen molar-refractivity contribution >= 4 is 11.9 Å². The van der Waals surface area contributed by atoms with Crippen molar-refractivity contribution in [3.63, 3.8) is 0 Å². The molecule has 4 N–H and O–H groups in total. The first-order valence-electron chi connectivity index (χ1n) is 5.33. The van der Waals surface area contributed by atoms with E-state index < -0.39 is 12.1 Å². The molecule has 0 spiro atoms. The number of nitrogens with two attached hydrogens (primary N) is 1. The molecule has 0 bridgehead atoms. The predicted octanol–water partition coefficient (Wildman–Crippen LogP) is -0.670. The van der Waals surface area contributed by atoms with Crippen LogP contribution in [0.25, 0.3) is 0 Å². The van der Waals surface area contributed by atoms with Gasteiger partial charge in [-0.25, -0.2) is 0 Å². The normalized spacial score (nSPS) is 18.9. The van der Waals surface area contributed by atoms with Gasteiger partial charge in [-0.2, -0.15) is 0 Å². The highest BCUT2D eigenvalue weighted by Gasteiger charge is 2.34. The highest BCUT2D eigenvalue weighted by molar-refractivity contribution is 5.82. The average molecular weight is 230 g/mol. The first kappa shape index (κ1) is 12.9. The van der Waals surface area contributed by atoms with Gasteiger partial charge in [0, 0.05) is 19.7 Å². The van der Waals surface area contributed by atoms with E-state index in [0.29, 0.717) is 0 Å². The summed E-state index contributed by atoms with van der Waals surface area (Å²) in [6.07, 6.45) is 1.20. The molecule has 0 aromatic rings. The van der Waals surface area contributed by atoms with E-state index in [1.54, 1.807) is 0 Å². The third-order valence-electron chi connectivity index (χ3n) is 2.70. The molecule has 1 rings (SSSR count). The summed E-state index contributed by atoms with van der Waals surface area (Å²) in [5, 5.41) is 11.4. The molecule has 2 unspecified atom stereocenters. The van der Waals surface area contributed by atoms with Crippen LogP contribution >= 0.6 is 0 Å². The zero-order valence-corrected chi connectivity index (χ0v) is 9.31. The maximum Gasteiger partial charge on any atom is 0.305 e. The quantitative estimate of drug-likeness (QED) is 0.538. The fourth-order valence-corrected chi connectivity index (χ4v) is 1.61. The van der Waals surface area contributed by atoms with E-state index in [1.165, 1.54) is 7.11 Å². The second kappa shape index (κ2) is 5.81. The molecule has 2 atom stereocenters. The van der Waals surface area contributed by atoms with Crippen molar-refractivity contribution in [2.75, 3.05) is 13.7 Å². The minimum atomic E-state index is -0.904. The molecule has 0 radical (unpaired) electrons. The summed E-state index contributed by atoms with van der Waals surface area (Å²) in [6, 6.07) is -0.297. The van der Waals surface area contributed by atoms with Crippen LogP contribution in [0, 0.1) is 5.92 Å². The van der Waals surface area contributed by atoms with Gasteiger partial charge in [0.05, 0.1) is 6.42 Å². The van der Waals surface area contributed by atoms with Crippen molar-refractivity contribution < 1.29 is 19.4 Å². The largest absolute Gasteiger partial charge is 0.481 e. The molecule has 0 aromatic heterocycles. The lowest BCUT2D eigenvalue weighted by Gasteiger charge is -2.19. The van der Waals surface area contributed by atoms with E-state index in [0.717, 1.165) is 12.8 Å². The van der Waals surface area contributed by atoms with E-state index in [1.807, 2.05) is 0 Å². The molecule has 1 aliphatic rings. The number of hydrogen-bond acceptors (Lipinski definition) is 4. The number of hydrogen-bond donors (Lipinski definition) is 3. The zero-order chi connectivity index (χ0) is 12.1.